The first-order valence-corrected chi connectivity index (χ1v) is 7.75. The summed E-state index contributed by atoms with van der Waals surface area (Å²) in [6.07, 6.45) is 0. The summed E-state index contributed by atoms with van der Waals surface area (Å²) < 4.78 is 13.4. The van der Waals surface area contributed by atoms with Crippen LogP contribution in [0.4, 0.5) is 15.8 Å². The average molecular weight is 360 g/mol. The molecule has 0 heterocycles. The Morgan fingerprint density at radius 3 is 2.42 bits per heavy atom. The third kappa shape index (κ3) is 5.26. The molecule has 2 amide bonds. The number of nitrogens with one attached hydrogen (secondary N) is 3. The highest BCUT2D eigenvalue weighted by Gasteiger charge is 2.13. The zero-order valence-corrected chi connectivity index (χ0v) is 13.7. The van der Waals surface area contributed by atoms with E-state index in [2.05, 4.69) is 16.0 Å². The van der Waals surface area contributed by atoms with Crippen molar-refractivity contribution in [2.45, 2.75) is 0 Å². The summed E-state index contributed by atoms with van der Waals surface area (Å²) in [5, 5.41) is 18.6. The summed E-state index contributed by atoms with van der Waals surface area (Å²) in [5.41, 5.74) is 0.147. The molecular weight excluding hydrogens is 343 g/mol. The van der Waals surface area contributed by atoms with Crippen molar-refractivity contribution in [2.75, 3.05) is 25.0 Å². The Balaban J connectivity index is 1.72. The molecule has 3 N–H and O–H groups in total. The van der Waals surface area contributed by atoms with Crippen LogP contribution in [0.15, 0.2) is 48.5 Å². The van der Waals surface area contributed by atoms with Crippen molar-refractivity contribution in [1.29, 1.82) is 0 Å². The SMILES string of the molecule is O=C(CNC(=O)c1ccccc1F)NCCNc1ccccc1[N+](=O)[O-]. The fourth-order valence-corrected chi connectivity index (χ4v) is 2.15. The number of rotatable bonds is 8. The van der Waals surface area contributed by atoms with Gasteiger partial charge in [0, 0.05) is 19.2 Å². The fourth-order valence-electron chi connectivity index (χ4n) is 2.15. The second-order valence-corrected chi connectivity index (χ2v) is 5.21. The van der Waals surface area contributed by atoms with Crippen molar-refractivity contribution >= 4 is 23.2 Å². The highest BCUT2D eigenvalue weighted by molar-refractivity contribution is 5.96. The summed E-state index contributed by atoms with van der Waals surface area (Å²) in [6.45, 7) is 0.150. The van der Waals surface area contributed by atoms with E-state index in [1.165, 1.54) is 24.3 Å². The Morgan fingerprint density at radius 2 is 1.69 bits per heavy atom. The van der Waals surface area contributed by atoms with Crippen LogP contribution in [0.1, 0.15) is 10.4 Å². The van der Waals surface area contributed by atoms with Gasteiger partial charge in [-0.3, -0.25) is 19.7 Å². The predicted octanol–water partition coefficient (Wildman–Crippen LogP) is 1.69. The van der Waals surface area contributed by atoms with E-state index in [0.717, 1.165) is 6.07 Å². The molecule has 0 aliphatic carbocycles. The van der Waals surface area contributed by atoms with Gasteiger partial charge in [0.05, 0.1) is 17.0 Å². The summed E-state index contributed by atoms with van der Waals surface area (Å²) in [6, 6.07) is 11.6. The zero-order valence-electron chi connectivity index (χ0n) is 13.7. The minimum atomic E-state index is -0.684. The van der Waals surface area contributed by atoms with Gasteiger partial charge in [-0.2, -0.15) is 0 Å². The van der Waals surface area contributed by atoms with Crippen LogP contribution in [-0.4, -0.2) is 36.4 Å². The second-order valence-electron chi connectivity index (χ2n) is 5.21. The Labute approximate surface area is 148 Å². The molecule has 0 bridgehead atoms. The maximum atomic E-state index is 13.4. The smallest absolute Gasteiger partial charge is 0.292 e. The number of nitro benzene ring substituents is 1. The van der Waals surface area contributed by atoms with Crippen molar-refractivity contribution in [1.82, 2.24) is 10.6 Å². The van der Waals surface area contributed by atoms with Crippen LogP contribution < -0.4 is 16.0 Å². The highest BCUT2D eigenvalue weighted by Crippen LogP contribution is 2.22. The third-order valence-electron chi connectivity index (χ3n) is 3.39. The van der Waals surface area contributed by atoms with Crippen LogP contribution in [0.3, 0.4) is 0 Å². The lowest BCUT2D eigenvalue weighted by molar-refractivity contribution is -0.384. The Kier molecular flexibility index (Phi) is 6.60. The minimum Gasteiger partial charge on any atom is -0.378 e. The highest BCUT2D eigenvalue weighted by atomic mass is 19.1. The van der Waals surface area contributed by atoms with Gasteiger partial charge in [0.1, 0.15) is 11.5 Å². The van der Waals surface area contributed by atoms with Crippen molar-refractivity contribution in [3.8, 4) is 0 Å². The molecule has 0 fully saturated rings. The quantitative estimate of drug-likeness (QED) is 0.377. The van der Waals surface area contributed by atoms with Gasteiger partial charge in [0.2, 0.25) is 5.91 Å². The van der Waals surface area contributed by atoms with E-state index in [4.69, 9.17) is 0 Å². The number of nitrogens with zero attached hydrogens (tertiary/aromatic N) is 1. The number of hydrogen-bond acceptors (Lipinski definition) is 5. The maximum Gasteiger partial charge on any atom is 0.292 e. The number of para-hydroxylation sites is 2. The molecule has 0 aliphatic rings. The molecule has 0 saturated carbocycles. The fraction of sp³-hybridized carbons (Fsp3) is 0.176. The first-order chi connectivity index (χ1) is 12.5. The molecule has 0 spiro atoms. The Bertz CT molecular complexity index is 813. The molecular formula is C17H17FN4O4. The number of nitro groups is 1. The van der Waals surface area contributed by atoms with Crippen LogP contribution in [-0.2, 0) is 4.79 Å². The minimum absolute atomic E-state index is 0.0593. The van der Waals surface area contributed by atoms with Crippen LogP contribution >= 0.6 is 0 Å². The molecule has 8 nitrogen and oxygen atoms in total. The van der Waals surface area contributed by atoms with Gasteiger partial charge in [0.15, 0.2) is 0 Å². The van der Waals surface area contributed by atoms with Gasteiger partial charge in [-0.05, 0) is 18.2 Å². The van der Waals surface area contributed by atoms with Crippen LogP contribution in [0, 0.1) is 15.9 Å². The number of benzene rings is 2. The third-order valence-corrected chi connectivity index (χ3v) is 3.39. The van der Waals surface area contributed by atoms with Gasteiger partial charge in [-0.25, -0.2) is 4.39 Å². The van der Waals surface area contributed by atoms with E-state index in [0.29, 0.717) is 5.69 Å². The van der Waals surface area contributed by atoms with Crippen molar-refractivity contribution in [2.24, 2.45) is 0 Å². The monoisotopic (exact) mass is 360 g/mol. The molecule has 0 unspecified atom stereocenters. The lowest BCUT2D eigenvalue weighted by atomic mass is 10.2. The predicted molar refractivity (Wildman–Crippen MR) is 93.3 cm³/mol. The van der Waals surface area contributed by atoms with E-state index in [9.17, 15) is 24.1 Å². The molecule has 2 aromatic rings. The van der Waals surface area contributed by atoms with Gasteiger partial charge < -0.3 is 16.0 Å². The molecule has 2 rings (SSSR count). The molecule has 26 heavy (non-hydrogen) atoms. The molecule has 0 radical (unpaired) electrons. The lowest BCUT2D eigenvalue weighted by Gasteiger charge is -2.09. The number of hydrogen-bond donors (Lipinski definition) is 3. The standard InChI is InChI=1S/C17H17FN4O4/c18-13-6-2-1-5-12(13)17(24)21-11-16(23)20-10-9-19-14-7-3-4-8-15(14)22(25)26/h1-8,19H,9-11H2,(H,20,23)(H,21,24). The van der Waals surface area contributed by atoms with E-state index in [-0.39, 0.29) is 30.9 Å². The number of anilines is 1. The van der Waals surface area contributed by atoms with Crippen LogP contribution in [0.25, 0.3) is 0 Å². The summed E-state index contributed by atoms with van der Waals surface area (Å²) in [4.78, 5) is 33.9. The number of carbonyl (C=O) groups is 2. The normalized spacial score (nSPS) is 10.0. The van der Waals surface area contributed by atoms with Gasteiger partial charge in [-0.1, -0.05) is 24.3 Å². The van der Waals surface area contributed by atoms with Gasteiger partial charge in [-0.15, -0.1) is 0 Å². The van der Waals surface area contributed by atoms with Crippen molar-refractivity contribution < 1.29 is 18.9 Å². The lowest BCUT2D eigenvalue weighted by Crippen LogP contribution is -2.38. The Morgan fingerprint density at radius 1 is 1.00 bits per heavy atom. The second kappa shape index (κ2) is 9.11. The molecule has 0 aliphatic heterocycles. The van der Waals surface area contributed by atoms with E-state index in [1.807, 2.05) is 0 Å². The maximum absolute atomic E-state index is 13.4. The average Bonchev–Trinajstić information content (AvgIpc) is 2.64. The summed E-state index contributed by atoms with van der Waals surface area (Å²) in [5.74, 6) is -1.81. The van der Waals surface area contributed by atoms with Crippen molar-refractivity contribution in [3.05, 3.63) is 70.0 Å². The molecule has 0 aromatic heterocycles. The van der Waals surface area contributed by atoms with E-state index < -0.39 is 22.6 Å². The van der Waals surface area contributed by atoms with Crippen LogP contribution in [0.5, 0.6) is 0 Å². The zero-order chi connectivity index (χ0) is 18.9. The topological polar surface area (TPSA) is 113 Å². The van der Waals surface area contributed by atoms with Crippen molar-refractivity contribution in [3.63, 3.8) is 0 Å². The molecule has 136 valence electrons. The molecule has 2 aromatic carbocycles. The first-order valence-electron chi connectivity index (χ1n) is 7.75. The number of carbonyl (C=O) groups excluding carboxylic acids is 2. The molecule has 0 saturated heterocycles. The van der Waals surface area contributed by atoms with Gasteiger partial charge >= 0.3 is 0 Å². The van der Waals surface area contributed by atoms with Crippen LogP contribution in [0.2, 0.25) is 0 Å². The summed E-state index contributed by atoms with van der Waals surface area (Å²) in [7, 11) is 0. The van der Waals surface area contributed by atoms with Gasteiger partial charge in [0.25, 0.3) is 11.6 Å². The number of amides is 2. The first kappa shape index (κ1) is 18.8. The largest absolute Gasteiger partial charge is 0.378 e. The summed E-state index contributed by atoms with van der Waals surface area (Å²) >= 11 is 0. The molecule has 0 atom stereocenters. The Hall–Kier alpha value is -3.49. The van der Waals surface area contributed by atoms with E-state index in [1.54, 1.807) is 18.2 Å². The number of halogens is 1. The molecule has 9 heteroatoms. The van der Waals surface area contributed by atoms with E-state index >= 15 is 0 Å².